The van der Waals surface area contributed by atoms with Crippen LogP contribution < -0.4 is 0 Å². The van der Waals surface area contributed by atoms with Crippen molar-refractivity contribution in [2.75, 3.05) is 14.2 Å². The fourth-order valence-corrected chi connectivity index (χ4v) is 3.09. The number of hydrogen-bond donors (Lipinski definition) is 0. The van der Waals surface area contributed by atoms with Crippen molar-refractivity contribution < 1.29 is 23.9 Å². The largest absolute Gasteiger partial charge is 0.465 e. The van der Waals surface area contributed by atoms with E-state index in [1.807, 2.05) is 0 Å². The molecular weight excluding hydrogens is 416 g/mol. The van der Waals surface area contributed by atoms with Crippen molar-refractivity contribution in [3.8, 4) is 0 Å². The molecule has 0 spiro atoms. The average Bonchev–Trinajstić information content (AvgIpc) is 3.00. The molecule has 2 aromatic heterocycles. The van der Waals surface area contributed by atoms with Crippen LogP contribution in [0.4, 0.5) is 0 Å². The number of hydrogen-bond acceptors (Lipinski definition) is 6. The zero-order chi connectivity index (χ0) is 19.7. The minimum absolute atomic E-state index is 0.00734. The number of rotatable bonds is 4. The van der Waals surface area contributed by atoms with Crippen LogP contribution in [0.3, 0.4) is 0 Å². The molecule has 0 radical (unpaired) electrons. The van der Waals surface area contributed by atoms with Crippen LogP contribution in [-0.2, 0) is 9.47 Å². The van der Waals surface area contributed by atoms with Crippen molar-refractivity contribution in [3.05, 3.63) is 69.2 Å². The van der Waals surface area contributed by atoms with Crippen molar-refractivity contribution >= 4 is 39.2 Å². The van der Waals surface area contributed by atoms with Crippen LogP contribution in [0.2, 0.25) is 0 Å². The van der Waals surface area contributed by atoms with E-state index in [-0.39, 0.29) is 16.8 Å². The Hall–Kier alpha value is -3.00. The quantitative estimate of drug-likeness (QED) is 0.466. The van der Waals surface area contributed by atoms with E-state index in [1.165, 1.54) is 24.9 Å². The Morgan fingerprint density at radius 1 is 1.00 bits per heavy atom. The van der Waals surface area contributed by atoms with Gasteiger partial charge in [0.05, 0.1) is 26.1 Å². The highest BCUT2D eigenvalue weighted by atomic mass is 79.9. The number of halogens is 1. The summed E-state index contributed by atoms with van der Waals surface area (Å²) in [5.74, 6) is -2.00. The Balaban J connectivity index is 2.39. The number of carbonyl (C=O) groups excluding carboxylic acids is 3. The van der Waals surface area contributed by atoms with E-state index in [0.717, 1.165) is 4.47 Å². The number of ketones is 1. The predicted octanol–water partition coefficient (Wildman–Crippen LogP) is 3.21. The fraction of sp³-hybridized carbons (Fsp3) is 0.158. The van der Waals surface area contributed by atoms with Gasteiger partial charge in [0.1, 0.15) is 16.8 Å². The van der Waals surface area contributed by atoms with E-state index in [1.54, 1.807) is 37.3 Å². The molecule has 3 aromatic rings. The van der Waals surface area contributed by atoms with E-state index in [4.69, 9.17) is 9.47 Å². The van der Waals surface area contributed by atoms with Gasteiger partial charge in [0.2, 0.25) is 5.78 Å². The number of carbonyl (C=O) groups is 3. The highest BCUT2D eigenvalue weighted by Gasteiger charge is 2.33. The zero-order valence-electron chi connectivity index (χ0n) is 14.8. The van der Waals surface area contributed by atoms with Gasteiger partial charge in [-0.15, -0.1) is 0 Å². The first-order valence-corrected chi connectivity index (χ1v) is 8.66. The molecule has 0 bridgehead atoms. The van der Waals surface area contributed by atoms with E-state index in [9.17, 15) is 14.4 Å². The number of fused-ring (bicyclic) bond motifs is 1. The lowest BCUT2D eigenvalue weighted by atomic mass is 10.0. The van der Waals surface area contributed by atoms with Gasteiger partial charge in [0, 0.05) is 15.7 Å². The molecular formula is C19H15BrN2O5. The highest BCUT2D eigenvalue weighted by molar-refractivity contribution is 9.10. The number of aryl methyl sites for hydroxylation is 1. The number of benzene rings is 1. The smallest absolute Gasteiger partial charge is 0.341 e. The number of ether oxygens (including phenoxy) is 2. The maximum absolute atomic E-state index is 13.2. The molecule has 0 aliphatic heterocycles. The molecule has 0 N–H and O–H groups in total. The third-order valence-electron chi connectivity index (χ3n) is 4.07. The summed E-state index contributed by atoms with van der Waals surface area (Å²) in [5, 5.41) is 0. The van der Waals surface area contributed by atoms with Crippen LogP contribution in [-0.4, -0.2) is 41.3 Å². The van der Waals surface area contributed by atoms with Gasteiger partial charge in [-0.25, -0.2) is 14.6 Å². The second-order valence-corrected chi connectivity index (χ2v) is 6.62. The molecule has 2 heterocycles. The van der Waals surface area contributed by atoms with Gasteiger partial charge < -0.3 is 9.47 Å². The molecule has 0 saturated heterocycles. The normalized spacial score (nSPS) is 10.7. The lowest BCUT2D eigenvalue weighted by Crippen LogP contribution is -2.15. The molecule has 0 aliphatic rings. The molecule has 3 rings (SSSR count). The summed E-state index contributed by atoms with van der Waals surface area (Å²) in [6, 6.07) is 8.27. The van der Waals surface area contributed by atoms with Crippen molar-refractivity contribution in [1.82, 2.24) is 9.38 Å². The van der Waals surface area contributed by atoms with Gasteiger partial charge in [0.15, 0.2) is 0 Å². The predicted molar refractivity (Wildman–Crippen MR) is 100 cm³/mol. The third-order valence-corrected chi connectivity index (χ3v) is 4.60. The third kappa shape index (κ3) is 3.23. The fourth-order valence-electron chi connectivity index (χ4n) is 2.82. The minimum Gasteiger partial charge on any atom is -0.465 e. The molecule has 7 nitrogen and oxygen atoms in total. The molecule has 0 saturated carbocycles. The Bertz CT molecular complexity index is 1070. The Morgan fingerprint density at radius 2 is 1.59 bits per heavy atom. The summed E-state index contributed by atoms with van der Waals surface area (Å²) in [6.45, 7) is 1.74. The second kappa shape index (κ2) is 7.32. The molecule has 0 amide bonds. The first-order chi connectivity index (χ1) is 12.9. The lowest BCUT2D eigenvalue weighted by Gasteiger charge is -2.06. The molecule has 0 unspecified atom stereocenters. The van der Waals surface area contributed by atoms with Crippen LogP contribution in [0, 0.1) is 6.92 Å². The van der Waals surface area contributed by atoms with Crippen LogP contribution in [0.1, 0.15) is 42.5 Å². The summed E-state index contributed by atoms with van der Waals surface area (Å²) >= 11 is 3.32. The van der Waals surface area contributed by atoms with E-state index in [2.05, 4.69) is 20.9 Å². The number of esters is 2. The maximum atomic E-state index is 13.2. The molecule has 0 fully saturated rings. The Morgan fingerprint density at radius 3 is 2.19 bits per heavy atom. The van der Waals surface area contributed by atoms with Crippen molar-refractivity contribution in [1.29, 1.82) is 0 Å². The number of methoxy groups -OCH3 is 2. The maximum Gasteiger partial charge on any atom is 0.341 e. The molecule has 0 atom stereocenters. The van der Waals surface area contributed by atoms with Crippen LogP contribution in [0.25, 0.3) is 5.52 Å². The van der Waals surface area contributed by atoms with Gasteiger partial charge >= 0.3 is 11.9 Å². The number of aromatic nitrogens is 2. The molecule has 0 aliphatic carbocycles. The summed E-state index contributed by atoms with van der Waals surface area (Å²) in [4.78, 5) is 42.3. The van der Waals surface area contributed by atoms with Crippen molar-refractivity contribution in [2.24, 2.45) is 0 Å². The van der Waals surface area contributed by atoms with Gasteiger partial charge in [-0.05, 0) is 37.3 Å². The van der Waals surface area contributed by atoms with Gasteiger partial charge in [-0.2, -0.15) is 0 Å². The van der Waals surface area contributed by atoms with E-state index < -0.39 is 17.7 Å². The summed E-state index contributed by atoms with van der Waals surface area (Å²) < 4.78 is 11.9. The Labute approximate surface area is 163 Å². The topological polar surface area (TPSA) is 87.0 Å². The average molecular weight is 431 g/mol. The molecule has 1 aromatic carbocycles. The SMILES string of the molecule is COC(=O)c1c(C(=O)OC)c2cc(C)ncn2c1C(=O)c1ccc(Br)cc1. The standard InChI is InChI=1S/C19H15BrN2O5/c1-10-8-13-14(18(24)26-2)15(19(25)27-3)16(22(13)9-21-10)17(23)11-4-6-12(20)7-5-11/h4-9H,1-3H3. The molecule has 138 valence electrons. The van der Waals surface area contributed by atoms with E-state index >= 15 is 0 Å². The first kappa shape index (κ1) is 18.8. The summed E-state index contributed by atoms with van der Waals surface area (Å²) in [6.07, 6.45) is 1.40. The van der Waals surface area contributed by atoms with Gasteiger partial charge in [0.25, 0.3) is 0 Å². The summed E-state index contributed by atoms with van der Waals surface area (Å²) in [5.41, 5.74) is 1.12. The Kier molecular flexibility index (Phi) is 5.09. The zero-order valence-corrected chi connectivity index (χ0v) is 16.4. The summed E-state index contributed by atoms with van der Waals surface area (Å²) in [7, 11) is 2.39. The van der Waals surface area contributed by atoms with Gasteiger partial charge in [-0.3, -0.25) is 9.20 Å². The first-order valence-electron chi connectivity index (χ1n) is 7.86. The molecule has 27 heavy (non-hydrogen) atoms. The van der Waals surface area contributed by atoms with Crippen molar-refractivity contribution in [2.45, 2.75) is 6.92 Å². The minimum atomic E-state index is -0.808. The second-order valence-electron chi connectivity index (χ2n) is 5.70. The van der Waals surface area contributed by atoms with Gasteiger partial charge in [-0.1, -0.05) is 15.9 Å². The monoisotopic (exact) mass is 430 g/mol. The van der Waals surface area contributed by atoms with Crippen molar-refractivity contribution in [3.63, 3.8) is 0 Å². The van der Waals surface area contributed by atoms with Crippen LogP contribution in [0.5, 0.6) is 0 Å². The van der Waals surface area contributed by atoms with E-state index in [0.29, 0.717) is 16.8 Å². The highest BCUT2D eigenvalue weighted by Crippen LogP contribution is 2.28. The lowest BCUT2D eigenvalue weighted by molar-refractivity contribution is 0.0556. The van der Waals surface area contributed by atoms with Crippen LogP contribution >= 0.6 is 15.9 Å². The molecule has 8 heteroatoms. The number of nitrogens with zero attached hydrogens (tertiary/aromatic N) is 2. The van der Waals surface area contributed by atoms with Crippen LogP contribution in [0.15, 0.2) is 41.1 Å².